The van der Waals surface area contributed by atoms with Crippen molar-refractivity contribution in [1.29, 1.82) is 0 Å². The molecule has 2 fully saturated rings. The lowest BCUT2D eigenvalue weighted by Crippen LogP contribution is -2.46. The van der Waals surface area contributed by atoms with Gasteiger partial charge in [-0.15, -0.1) is 0 Å². The normalized spacial score (nSPS) is 35.6. The zero-order valence-corrected chi connectivity index (χ0v) is 12.0. The minimum Gasteiger partial charge on any atom is -0.374 e. The second-order valence-corrected chi connectivity index (χ2v) is 6.95. The van der Waals surface area contributed by atoms with Gasteiger partial charge in [0.15, 0.2) is 0 Å². The summed E-state index contributed by atoms with van der Waals surface area (Å²) in [6.45, 7) is 2.02. The molecule has 3 nitrogen and oxygen atoms in total. The Kier molecular flexibility index (Phi) is 4.75. The molecule has 2 aliphatic heterocycles. The van der Waals surface area contributed by atoms with Gasteiger partial charge in [-0.3, -0.25) is 0 Å². The summed E-state index contributed by atoms with van der Waals surface area (Å²) in [6, 6.07) is 0.351. The molecule has 2 rings (SSSR count). The lowest BCUT2D eigenvalue weighted by molar-refractivity contribution is -0.0836. The van der Waals surface area contributed by atoms with Gasteiger partial charge in [0.25, 0.3) is 0 Å². The van der Waals surface area contributed by atoms with Gasteiger partial charge in [-0.1, -0.05) is 0 Å². The van der Waals surface area contributed by atoms with Crippen molar-refractivity contribution in [2.75, 3.05) is 38.8 Å². The lowest BCUT2D eigenvalue weighted by atomic mass is 9.80. The van der Waals surface area contributed by atoms with E-state index < -0.39 is 0 Å². The number of nitrogens with zero attached hydrogens (tertiary/aromatic N) is 1. The van der Waals surface area contributed by atoms with E-state index in [4.69, 9.17) is 10.5 Å². The van der Waals surface area contributed by atoms with Crippen LogP contribution in [0.5, 0.6) is 0 Å². The van der Waals surface area contributed by atoms with Gasteiger partial charge in [0.05, 0.1) is 5.60 Å². The van der Waals surface area contributed by atoms with Crippen LogP contribution in [0.15, 0.2) is 0 Å². The summed E-state index contributed by atoms with van der Waals surface area (Å²) < 4.78 is 6.05. The van der Waals surface area contributed by atoms with Gasteiger partial charge in [0, 0.05) is 18.4 Å². The summed E-state index contributed by atoms with van der Waals surface area (Å²) in [5, 5.41) is 0. The lowest BCUT2D eigenvalue weighted by Gasteiger charge is -2.40. The first-order valence-corrected chi connectivity index (χ1v) is 7.89. The Morgan fingerprint density at radius 3 is 3.00 bits per heavy atom. The van der Waals surface area contributed by atoms with Crippen LogP contribution in [0.25, 0.3) is 0 Å². The molecule has 17 heavy (non-hydrogen) atoms. The minimum atomic E-state index is 0.184. The second kappa shape index (κ2) is 5.91. The van der Waals surface area contributed by atoms with Gasteiger partial charge in [-0.25, -0.2) is 0 Å². The molecule has 0 saturated carbocycles. The van der Waals surface area contributed by atoms with Crippen LogP contribution < -0.4 is 5.73 Å². The Balaban J connectivity index is 1.84. The first-order valence-electron chi connectivity index (χ1n) is 6.73. The SMILES string of the molecule is CN(C)CCC(N)C1CCOC2(CCSC2)C1. The molecule has 0 aromatic carbocycles. The van der Waals surface area contributed by atoms with Crippen molar-refractivity contribution in [3.05, 3.63) is 0 Å². The van der Waals surface area contributed by atoms with E-state index in [0.717, 1.165) is 26.0 Å². The molecule has 0 aromatic rings. The van der Waals surface area contributed by atoms with E-state index >= 15 is 0 Å². The van der Waals surface area contributed by atoms with E-state index in [-0.39, 0.29) is 5.60 Å². The van der Waals surface area contributed by atoms with E-state index in [0.29, 0.717) is 12.0 Å². The van der Waals surface area contributed by atoms with Crippen molar-refractivity contribution in [1.82, 2.24) is 4.90 Å². The molecule has 100 valence electrons. The number of nitrogens with two attached hydrogens (primary N) is 1. The predicted molar refractivity (Wildman–Crippen MR) is 74.5 cm³/mol. The molecule has 0 amide bonds. The van der Waals surface area contributed by atoms with E-state index in [1.165, 1.54) is 24.3 Å². The number of ether oxygens (including phenoxy) is 1. The van der Waals surface area contributed by atoms with Crippen molar-refractivity contribution < 1.29 is 4.74 Å². The highest BCUT2D eigenvalue weighted by molar-refractivity contribution is 7.99. The van der Waals surface area contributed by atoms with Crippen LogP contribution >= 0.6 is 11.8 Å². The Morgan fingerprint density at radius 2 is 2.35 bits per heavy atom. The standard InChI is InChI=1S/C13H26N2OS/c1-15(2)6-3-12(14)11-4-7-16-13(9-11)5-8-17-10-13/h11-12H,3-10,14H2,1-2H3. The Labute approximate surface area is 109 Å². The quantitative estimate of drug-likeness (QED) is 0.831. The summed E-state index contributed by atoms with van der Waals surface area (Å²) in [5.41, 5.74) is 6.54. The Hall–Kier alpha value is 0.230. The van der Waals surface area contributed by atoms with Crippen LogP contribution in [0, 0.1) is 5.92 Å². The fraction of sp³-hybridized carbons (Fsp3) is 1.00. The molecule has 4 heteroatoms. The van der Waals surface area contributed by atoms with Gasteiger partial charge in [0.2, 0.25) is 0 Å². The fourth-order valence-electron chi connectivity index (χ4n) is 2.94. The third kappa shape index (κ3) is 3.60. The van der Waals surface area contributed by atoms with Crippen molar-refractivity contribution in [3.63, 3.8) is 0 Å². The molecular formula is C13H26N2OS. The molecule has 3 unspecified atom stereocenters. The maximum Gasteiger partial charge on any atom is 0.0783 e. The van der Waals surface area contributed by atoms with Crippen molar-refractivity contribution in [3.8, 4) is 0 Å². The molecule has 0 aliphatic carbocycles. The number of hydrogen-bond acceptors (Lipinski definition) is 4. The summed E-state index contributed by atoms with van der Waals surface area (Å²) in [5.74, 6) is 3.12. The van der Waals surface area contributed by atoms with Gasteiger partial charge in [-0.05, 0) is 58.0 Å². The monoisotopic (exact) mass is 258 g/mol. The van der Waals surface area contributed by atoms with Gasteiger partial charge in [0.1, 0.15) is 0 Å². The molecular weight excluding hydrogens is 232 g/mol. The summed E-state index contributed by atoms with van der Waals surface area (Å²) >= 11 is 2.04. The Morgan fingerprint density at radius 1 is 1.53 bits per heavy atom. The molecule has 0 bridgehead atoms. The summed E-state index contributed by atoms with van der Waals surface area (Å²) in [6.07, 6.45) is 4.69. The number of thioether (sulfide) groups is 1. The number of rotatable bonds is 4. The average molecular weight is 258 g/mol. The van der Waals surface area contributed by atoms with Gasteiger partial charge in [-0.2, -0.15) is 11.8 Å². The molecule has 0 aromatic heterocycles. The molecule has 3 atom stereocenters. The van der Waals surface area contributed by atoms with E-state index in [9.17, 15) is 0 Å². The topological polar surface area (TPSA) is 38.5 Å². The molecule has 2 saturated heterocycles. The summed E-state index contributed by atoms with van der Waals surface area (Å²) in [7, 11) is 4.23. The van der Waals surface area contributed by atoms with Crippen LogP contribution in [0.1, 0.15) is 25.7 Å². The van der Waals surface area contributed by atoms with Crippen molar-refractivity contribution in [2.45, 2.75) is 37.3 Å². The van der Waals surface area contributed by atoms with Crippen LogP contribution in [0.4, 0.5) is 0 Å². The minimum absolute atomic E-state index is 0.184. The molecule has 2 aliphatic rings. The van der Waals surface area contributed by atoms with Gasteiger partial charge >= 0.3 is 0 Å². The average Bonchev–Trinajstić information content (AvgIpc) is 2.74. The highest BCUT2D eigenvalue weighted by Crippen LogP contribution is 2.41. The van der Waals surface area contributed by atoms with E-state index in [1.54, 1.807) is 0 Å². The van der Waals surface area contributed by atoms with Crippen LogP contribution in [-0.2, 0) is 4.74 Å². The van der Waals surface area contributed by atoms with Crippen LogP contribution in [0.2, 0.25) is 0 Å². The highest BCUT2D eigenvalue weighted by atomic mass is 32.2. The third-order valence-corrected chi connectivity index (χ3v) is 5.34. The first-order chi connectivity index (χ1) is 8.11. The van der Waals surface area contributed by atoms with Gasteiger partial charge < -0.3 is 15.4 Å². The maximum atomic E-state index is 6.36. The van der Waals surface area contributed by atoms with Crippen molar-refractivity contribution >= 4 is 11.8 Å². The highest BCUT2D eigenvalue weighted by Gasteiger charge is 2.41. The summed E-state index contributed by atoms with van der Waals surface area (Å²) in [4.78, 5) is 2.22. The fourth-order valence-corrected chi connectivity index (χ4v) is 4.32. The van der Waals surface area contributed by atoms with Crippen molar-refractivity contribution in [2.24, 2.45) is 11.7 Å². The second-order valence-electron chi connectivity index (χ2n) is 5.84. The number of hydrogen-bond donors (Lipinski definition) is 1. The maximum absolute atomic E-state index is 6.36. The molecule has 0 radical (unpaired) electrons. The zero-order valence-electron chi connectivity index (χ0n) is 11.2. The molecule has 2 N–H and O–H groups in total. The first kappa shape index (κ1) is 13.7. The molecule has 2 heterocycles. The zero-order chi connectivity index (χ0) is 12.3. The van der Waals surface area contributed by atoms with Crippen LogP contribution in [-0.4, -0.2) is 55.3 Å². The molecule has 1 spiro atoms. The van der Waals surface area contributed by atoms with Crippen LogP contribution in [0.3, 0.4) is 0 Å². The largest absolute Gasteiger partial charge is 0.374 e. The van der Waals surface area contributed by atoms with E-state index in [2.05, 4.69) is 19.0 Å². The Bertz CT molecular complexity index is 242. The smallest absolute Gasteiger partial charge is 0.0783 e. The third-order valence-electron chi connectivity index (χ3n) is 4.11. The van der Waals surface area contributed by atoms with E-state index in [1.807, 2.05) is 11.8 Å². The predicted octanol–water partition coefficient (Wildman–Crippen LogP) is 1.57.